The van der Waals surface area contributed by atoms with Gasteiger partial charge in [0.15, 0.2) is 5.69 Å². The van der Waals surface area contributed by atoms with E-state index >= 15 is 0 Å². The lowest BCUT2D eigenvalue weighted by atomic mass is 9.91. The Morgan fingerprint density at radius 2 is 0.703 bits per heavy atom. The predicted molar refractivity (Wildman–Crippen MR) is 292 cm³/mol. The van der Waals surface area contributed by atoms with Crippen molar-refractivity contribution < 1.29 is 17.6 Å². The van der Waals surface area contributed by atoms with E-state index in [0.29, 0.717) is 50.3 Å². The van der Waals surface area contributed by atoms with Gasteiger partial charge in [-0.1, -0.05) is 97.1 Å². The normalized spacial score (nSPS) is 11.2. The number of anilines is 6. The Morgan fingerprint density at radius 1 is 0.351 bits per heavy atom. The van der Waals surface area contributed by atoms with Crippen molar-refractivity contribution in [2.24, 2.45) is 0 Å². The third kappa shape index (κ3) is 8.37. The van der Waals surface area contributed by atoms with Crippen molar-refractivity contribution in [2.75, 3.05) is 9.80 Å². The van der Waals surface area contributed by atoms with E-state index in [0.717, 1.165) is 71.9 Å². The molecule has 0 aliphatic heterocycles. The van der Waals surface area contributed by atoms with Crippen LogP contribution >= 0.6 is 0 Å². The zero-order valence-corrected chi connectivity index (χ0v) is 39.2. The van der Waals surface area contributed by atoms with Crippen LogP contribution in [0.5, 0.6) is 0 Å². The van der Waals surface area contributed by atoms with Gasteiger partial charge in [0.25, 0.3) is 0 Å². The molecular formula is C66H38F4N4. The number of halogens is 4. The van der Waals surface area contributed by atoms with Crippen LogP contribution in [0.4, 0.5) is 57.4 Å². The lowest BCUT2D eigenvalue weighted by molar-refractivity contribution is 0.628. The molecule has 0 radical (unpaired) electrons. The fraction of sp³-hybridized carbons (Fsp3) is 0. The second-order valence-electron chi connectivity index (χ2n) is 18.1. The minimum Gasteiger partial charge on any atom is -0.310 e. The molecule has 350 valence electrons. The quantitative estimate of drug-likeness (QED) is 0.0778. The predicted octanol–water partition coefficient (Wildman–Crippen LogP) is 19.2. The molecule has 8 heteroatoms. The van der Waals surface area contributed by atoms with Gasteiger partial charge in [0, 0.05) is 33.5 Å². The second kappa shape index (κ2) is 18.6. The molecule has 0 saturated carbocycles. The first kappa shape index (κ1) is 45.1. The lowest BCUT2D eigenvalue weighted by Gasteiger charge is -2.30. The van der Waals surface area contributed by atoms with Crippen LogP contribution in [0, 0.1) is 41.2 Å². The average Bonchev–Trinajstić information content (AvgIpc) is 3.43. The summed E-state index contributed by atoms with van der Waals surface area (Å²) in [4.78, 5) is 7.93. The maximum Gasteiger partial charge on any atom is 0.187 e. The molecule has 0 unspecified atom stereocenters. The Kier molecular flexibility index (Phi) is 11.4. The Bertz CT molecular complexity index is 3830. The van der Waals surface area contributed by atoms with Crippen LogP contribution in [-0.4, -0.2) is 0 Å². The van der Waals surface area contributed by atoms with Crippen molar-refractivity contribution in [1.82, 2.24) is 0 Å². The van der Waals surface area contributed by atoms with Gasteiger partial charge in [-0.15, -0.1) is 0 Å². The minimum absolute atomic E-state index is 0.387. The molecule has 12 aromatic rings. The van der Waals surface area contributed by atoms with Gasteiger partial charge in [0.05, 0.1) is 29.6 Å². The Hall–Kier alpha value is -10.0. The molecule has 0 aliphatic rings. The van der Waals surface area contributed by atoms with E-state index in [1.165, 1.54) is 48.5 Å². The van der Waals surface area contributed by atoms with Crippen molar-refractivity contribution in [1.29, 1.82) is 5.26 Å². The smallest absolute Gasteiger partial charge is 0.187 e. The summed E-state index contributed by atoms with van der Waals surface area (Å²) in [5.74, 6) is -1.55. The molecule has 74 heavy (non-hydrogen) atoms. The van der Waals surface area contributed by atoms with Crippen LogP contribution in [0.1, 0.15) is 5.56 Å². The highest BCUT2D eigenvalue weighted by molar-refractivity contribution is 6.28. The van der Waals surface area contributed by atoms with E-state index in [4.69, 9.17) is 6.57 Å². The molecule has 0 amide bonds. The van der Waals surface area contributed by atoms with Crippen molar-refractivity contribution in [3.05, 3.63) is 271 Å². The number of nitriles is 1. The summed E-state index contributed by atoms with van der Waals surface area (Å²) in [6, 6.07) is 71.3. The third-order valence-corrected chi connectivity index (χ3v) is 13.6. The van der Waals surface area contributed by atoms with E-state index in [1.54, 1.807) is 48.5 Å². The largest absolute Gasteiger partial charge is 0.310 e. The van der Waals surface area contributed by atoms with E-state index in [1.807, 2.05) is 84.9 Å². The SMILES string of the molecule is [C-]#[N+]c1ccc(N(c2cc(-c3cccc(F)c3)cc(-c3cccc(F)c3)c2)c2ccc3ccc4c(N(c5ccc(C#N)cc5)c5cc(-c6cccc(F)c6)cc(-c6cccc(F)c6)c5)ccc5ccc2c3c54)cc1. The molecule has 12 aromatic carbocycles. The first-order valence-corrected chi connectivity index (χ1v) is 23.8. The monoisotopic (exact) mass is 962 g/mol. The fourth-order valence-corrected chi connectivity index (χ4v) is 10.2. The summed E-state index contributed by atoms with van der Waals surface area (Å²) >= 11 is 0. The summed E-state index contributed by atoms with van der Waals surface area (Å²) < 4.78 is 59.8. The molecule has 0 saturated heterocycles. The van der Waals surface area contributed by atoms with Crippen LogP contribution < -0.4 is 9.80 Å². The van der Waals surface area contributed by atoms with Gasteiger partial charge in [-0.25, -0.2) is 22.4 Å². The van der Waals surface area contributed by atoms with Crippen molar-refractivity contribution in [3.8, 4) is 50.6 Å². The van der Waals surface area contributed by atoms with Crippen LogP contribution in [0.25, 0.3) is 81.7 Å². The highest BCUT2D eigenvalue weighted by Gasteiger charge is 2.24. The van der Waals surface area contributed by atoms with Gasteiger partial charge >= 0.3 is 0 Å². The van der Waals surface area contributed by atoms with Gasteiger partial charge in [0.2, 0.25) is 0 Å². The molecule has 12 rings (SSSR count). The molecular weight excluding hydrogens is 925 g/mol. The van der Waals surface area contributed by atoms with E-state index < -0.39 is 0 Å². The molecule has 0 N–H and O–H groups in total. The maximum atomic E-state index is 14.9. The highest BCUT2D eigenvalue weighted by atomic mass is 19.1. The van der Waals surface area contributed by atoms with Gasteiger partial charge in [-0.2, -0.15) is 5.26 Å². The lowest BCUT2D eigenvalue weighted by Crippen LogP contribution is -2.12. The summed E-state index contributed by atoms with van der Waals surface area (Å²) in [6.45, 7) is 7.76. The topological polar surface area (TPSA) is 34.6 Å². The molecule has 0 aromatic heterocycles. The van der Waals surface area contributed by atoms with Crippen molar-refractivity contribution in [3.63, 3.8) is 0 Å². The first-order chi connectivity index (χ1) is 36.2. The van der Waals surface area contributed by atoms with E-state index in [2.05, 4.69) is 69.2 Å². The van der Waals surface area contributed by atoms with Gasteiger partial charge in [-0.05, 0) is 200 Å². The number of nitrogens with zero attached hydrogens (tertiary/aromatic N) is 4. The van der Waals surface area contributed by atoms with E-state index in [-0.39, 0.29) is 23.3 Å². The average molecular weight is 963 g/mol. The number of hydrogen-bond acceptors (Lipinski definition) is 3. The van der Waals surface area contributed by atoms with Crippen LogP contribution in [-0.2, 0) is 0 Å². The molecule has 0 heterocycles. The molecule has 0 bridgehead atoms. The molecule has 0 aliphatic carbocycles. The second-order valence-corrected chi connectivity index (χ2v) is 18.1. The summed E-state index contributed by atoms with van der Waals surface area (Å²) in [5, 5.41) is 15.7. The first-order valence-electron chi connectivity index (χ1n) is 23.8. The third-order valence-electron chi connectivity index (χ3n) is 13.6. The Balaban J connectivity index is 1.11. The van der Waals surface area contributed by atoms with E-state index in [9.17, 15) is 22.8 Å². The maximum absolute atomic E-state index is 14.9. The van der Waals surface area contributed by atoms with Gasteiger partial charge in [-0.3, -0.25) is 0 Å². The standard InChI is InChI=1S/C66H38F4N4/c1-72-56-20-24-58(25-21-56)74(60-38-50(46-8-4-12-54(69)34-46)31-51(39-60)47-9-5-13-55(70)35-47)64-29-19-43-16-26-61-63(28-18-42-17-27-62(64)66(43)65(42)61)73(57-22-14-41(40-71)15-23-57)59-36-48(44-6-2-10-52(67)32-44)30-49(37-59)45-7-3-11-53(68)33-45/h2-39H. The highest BCUT2D eigenvalue weighted by Crippen LogP contribution is 2.49. The fourth-order valence-electron chi connectivity index (χ4n) is 10.2. The zero-order valence-electron chi connectivity index (χ0n) is 39.2. The van der Waals surface area contributed by atoms with Crippen molar-refractivity contribution >= 4 is 72.1 Å². The number of rotatable bonds is 10. The van der Waals surface area contributed by atoms with Crippen LogP contribution in [0.3, 0.4) is 0 Å². The summed E-state index contributed by atoms with van der Waals surface area (Å²) in [6.07, 6.45) is 0. The molecule has 0 fully saturated rings. The molecule has 0 atom stereocenters. The summed E-state index contributed by atoms with van der Waals surface area (Å²) in [5.41, 5.74) is 11.0. The zero-order chi connectivity index (χ0) is 50.5. The van der Waals surface area contributed by atoms with Gasteiger partial charge in [0.1, 0.15) is 23.3 Å². The number of hydrogen-bond donors (Lipinski definition) is 0. The number of benzene rings is 12. The summed E-state index contributed by atoms with van der Waals surface area (Å²) in [7, 11) is 0. The minimum atomic E-state index is -0.388. The molecule has 4 nitrogen and oxygen atoms in total. The molecule has 0 spiro atoms. The Morgan fingerprint density at radius 3 is 1.04 bits per heavy atom. The van der Waals surface area contributed by atoms with Crippen LogP contribution in [0.2, 0.25) is 0 Å². The van der Waals surface area contributed by atoms with Crippen LogP contribution in [0.15, 0.2) is 231 Å². The van der Waals surface area contributed by atoms with Crippen molar-refractivity contribution in [2.45, 2.75) is 0 Å². The van der Waals surface area contributed by atoms with Gasteiger partial charge < -0.3 is 9.80 Å². The Labute approximate surface area is 424 Å².